The number of rotatable bonds is 7. The van der Waals surface area contributed by atoms with E-state index in [0.29, 0.717) is 18.7 Å². The highest BCUT2D eigenvalue weighted by Gasteiger charge is 2.08. The first kappa shape index (κ1) is 18.2. The van der Waals surface area contributed by atoms with Crippen LogP contribution in [0, 0.1) is 6.92 Å². The first-order valence-electron chi connectivity index (χ1n) is 9.42. The van der Waals surface area contributed by atoms with Gasteiger partial charge in [-0.2, -0.15) is 0 Å². The smallest absolute Gasteiger partial charge is 0.252 e. The van der Waals surface area contributed by atoms with Crippen molar-refractivity contribution in [3.8, 4) is 0 Å². The summed E-state index contributed by atoms with van der Waals surface area (Å²) in [5.74, 6) is -0.0616. The van der Waals surface area contributed by atoms with E-state index < -0.39 is 0 Å². The van der Waals surface area contributed by atoms with Gasteiger partial charge in [-0.1, -0.05) is 35.9 Å². The summed E-state index contributed by atoms with van der Waals surface area (Å²) in [5, 5.41) is 6.36. The molecule has 0 fully saturated rings. The number of allylic oxidation sites excluding steroid dienone is 1. The fourth-order valence-corrected chi connectivity index (χ4v) is 3.24. The second kappa shape index (κ2) is 9.18. The minimum absolute atomic E-state index is 0.0616. The third-order valence-electron chi connectivity index (χ3n) is 4.86. The Morgan fingerprint density at radius 1 is 1.19 bits per heavy atom. The molecule has 0 saturated carbocycles. The van der Waals surface area contributed by atoms with Crippen LogP contribution in [0.5, 0.6) is 0 Å². The average Bonchev–Trinajstić information content (AvgIpc) is 2.68. The van der Waals surface area contributed by atoms with Gasteiger partial charge in [0.05, 0.1) is 11.3 Å². The van der Waals surface area contributed by atoms with E-state index in [1.807, 2.05) is 18.2 Å². The summed E-state index contributed by atoms with van der Waals surface area (Å²) in [7, 11) is 0. The predicted molar refractivity (Wildman–Crippen MR) is 106 cm³/mol. The quantitative estimate of drug-likeness (QED) is 0.717. The molecule has 1 amide bonds. The summed E-state index contributed by atoms with van der Waals surface area (Å²) >= 11 is 0. The van der Waals surface area contributed by atoms with Gasteiger partial charge in [0.1, 0.15) is 0 Å². The molecular weight excluding hydrogens is 322 g/mol. The number of hydrogen-bond acceptors (Lipinski definition) is 3. The van der Waals surface area contributed by atoms with Crippen LogP contribution in [0.1, 0.15) is 53.6 Å². The number of benzene rings is 1. The van der Waals surface area contributed by atoms with Gasteiger partial charge in [0.25, 0.3) is 5.91 Å². The standard InChI is InChI=1S/C22H27N3O/c1-17-7-5-6-10-19(17)15-25-21-13-20(14-23-16-21)22(26)24-12-11-18-8-3-2-4-9-18/h5-8,10,13-14,16,25H,2-4,9,11-12,15H2,1H3,(H,24,26). The molecular formula is C22H27N3O. The molecule has 1 aromatic heterocycles. The number of nitrogens with zero attached hydrogens (tertiary/aromatic N) is 1. The normalized spacial score (nSPS) is 13.8. The van der Waals surface area contributed by atoms with E-state index in [1.54, 1.807) is 12.4 Å². The van der Waals surface area contributed by atoms with Crippen molar-refractivity contribution in [1.29, 1.82) is 0 Å². The van der Waals surface area contributed by atoms with E-state index in [9.17, 15) is 4.79 Å². The Kier molecular flexibility index (Phi) is 6.42. The van der Waals surface area contributed by atoms with Gasteiger partial charge in [-0.05, 0) is 56.2 Å². The van der Waals surface area contributed by atoms with E-state index in [4.69, 9.17) is 0 Å². The highest BCUT2D eigenvalue weighted by atomic mass is 16.1. The van der Waals surface area contributed by atoms with E-state index in [1.165, 1.54) is 42.4 Å². The Balaban J connectivity index is 1.52. The van der Waals surface area contributed by atoms with Crippen LogP contribution in [0.3, 0.4) is 0 Å². The van der Waals surface area contributed by atoms with Crippen LogP contribution in [0.25, 0.3) is 0 Å². The van der Waals surface area contributed by atoms with Crippen molar-refractivity contribution >= 4 is 11.6 Å². The number of anilines is 1. The molecule has 0 saturated heterocycles. The number of pyridine rings is 1. The van der Waals surface area contributed by atoms with Gasteiger partial charge in [0, 0.05) is 25.5 Å². The molecule has 0 atom stereocenters. The molecule has 1 aliphatic rings. The maximum Gasteiger partial charge on any atom is 0.252 e. The van der Waals surface area contributed by atoms with Crippen molar-refractivity contribution in [1.82, 2.24) is 10.3 Å². The zero-order valence-electron chi connectivity index (χ0n) is 15.4. The molecule has 2 N–H and O–H groups in total. The first-order chi connectivity index (χ1) is 12.7. The van der Waals surface area contributed by atoms with Crippen LogP contribution in [0.4, 0.5) is 5.69 Å². The van der Waals surface area contributed by atoms with Crippen molar-refractivity contribution in [2.24, 2.45) is 0 Å². The lowest BCUT2D eigenvalue weighted by atomic mass is 9.97. The molecule has 0 radical (unpaired) electrons. The minimum atomic E-state index is -0.0616. The topological polar surface area (TPSA) is 54.0 Å². The van der Waals surface area contributed by atoms with Gasteiger partial charge in [-0.25, -0.2) is 0 Å². The fourth-order valence-electron chi connectivity index (χ4n) is 3.24. The van der Waals surface area contributed by atoms with Crippen molar-refractivity contribution in [2.75, 3.05) is 11.9 Å². The van der Waals surface area contributed by atoms with E-state index >= 15 is 0 Å². The molecule has 0 unspecified atom stereocenters. The van der Waals surface area contributed by atoms with Gasteiger partial charge in [-0.15, -0.1) is 0 Å². The molecule has 3 rings (SSSR count). The lowest BCUT2D eigenvalue weighted by molar-refractivity contribution is 0.0953. The van der Waals surface area contributed by atoms with Crippen LogP contribution < -0.4 is 10.6 Å². The summed E-state index contributed by atoms with van der Waals surface area (Å²) < 4.78 is 0. The maximum absolute atomic E-state index is 12.4. The summed E-state index contributed by atoms with van der Waals surface area (Å²) in [6, 6.07) is 10.1. The van der Waals surface area contributed by atoms with Gasteiger partial charge in [-0.3, -0.25) is 9.78 Å². The number of nitrogens with one attached hydrogen (secondary N) is 2. The highest BCUT2D eigenvalue weighted by molar-refractivity contribution is 5.94. The zero-order valence-corrected chi connectivity index (χ0v) is 15.4. The van der Waals surface area contributed by atoms with Crippen LogP contribution in [-0.2, 0) is 6.54 Å². The largest absolute Gasteiger partial charge is 0.380 e. The summed E-state index contributed by atoms with van der Waals surface area (Å²) in [4.78, 5) is 16.6. The van der Waals surface area contributed by atoms with Gasteiger partial charge < -0.3 is 10.6 Å². The molecule has 4 heteroatoms. The monoisotopic (exact) mass is 349 g/mol. The summed E-state index contributed by atoms with van der Waals surface area (Å²) in [5.41, 5.74) is 5.42. The van der Waals surface area contributed by atoms with E-state index in [2.05, 4.69) is 40.8 Å². The Hall–Kier alpha value is -2.62. The van der Waals surface area contributed by atoms with E-state index in [-0.39, 0.29) is 5.91 Å². The second-order valence-electron chi connectivity index (χ2n) is 6.86. The Bertz CT molecular complexity index is 782. The third kappa shape index (κ3) is 5.19. The lowest BCUT2D eigenvalue weighted by Gasteiger charge is -2.13. The SMILES string of the molecule is Cc1ccccc1CNc1cncc(C(=O)NCCC2=CCCCC2)c1. The Morgan fingerprint density at radius 2 is 2.08 bits per heavy atom. The molecule has 2 aromatic rings. The van der Waals surface area contributed by atoms with Gasteiger partial charge in [0.15, 0.2) is 0 Å². The Morgan fingerprint density at radius 3 is 2.88 bits per heavy atom. The maximum atomic E-state index is 12.4. The third-order valence-corrected chi connectivity index (χ3v) is 4.86. The Labute approximate surface area is 155 Å². The van der Waals surface area contributed by atoms with Crippen molar-refractivity contribution < 1.29 is 4.79 Å². The molecule has 26 heavy (non-hydrogen) atoms. The minimum Gasteiger partial charge on any atom is -0.380 e. The lowest BCUT2D eigenvalue weighted by Crippen LogP contribution is -2.25. The number of amides is 1. The van der Waals surface area contributed by atoms with Crippen molar-refractivity contribution in [3.05, 3.63) is 71.1 Å². The molecule has 0 aliphatic heterocycles. The fraction of sp³-hybridized carbons (Fsp3) is 0.364. The predicted octanol–water partition coefficient (Wildman–Crippen LogP) is 4.62. The molecule has 4 nitrogen and oxygen atoms in total. The van der Waals surface area contributed by atoms with Crippen LogP contribution >= 0.6 is 0 Å². The molecule has 0 bridgehead atoms. The molecule has 1 heterocycles. The summed E-state index contributed by atoms with van der Waals surface area (Å²) in [6.45, 7) is 3.50. The number of carbonyl (C=O) groups excluding carboxylic acids is 1. The first-order valence-corrected chi connectivity index (χ1v) is 9.42. The van der Waals surface area contributed by atoms with Gasteiger partial charge >= 0.3 is 0 Å². The zero-order chi connectivity index (χ0) is 18.2. The highest BCUT2D eigenvalue weighted by Crippen LogP contribution is 2.19. The number of aromatic nitrogens is 1. The molecule has 1 aliphatic carbocycles. The molecule has 1 aromatic carbocycles. The average molecular weight is 349 g/mol. The number of carbonyl (C=O) groups is 1. The number of aryl methyl sites for hydroxylation is 1. The van der Waals surface area contributed by atoms with E-state index in [0.717, 1.165) is 12.1 Å². The molecule has 136 valence electrons. The summed E-state index contributed by atoms with van der Waals surface area (Å²) in [6.07, 6.45) is 11.6. The van der Waals surface area contributed by atoms with Crippen LogP contribution in [0.15, 0.2) is 54.4 Å². The van der Waals surface area contributed by atoms with Gasteiger partial charge in [0.2, 0.25) is 0 Å². The molecule has 0 spiro atoms. The van der Waals surface area contributed by atoms with Crippen molar-refractivity contribution in [2.45, 2.75) is 45.6 Å². The number of hydrogen-bond donors (Lipinski definition) is 2. The van der Waals surface area contributed by atoms with Crippen LogP contribution in [0.2, 0.25) is 0 Å². The second-order valence-corrected chi connectivity index (χ2v) is 6.86. The van der Waals surface area contributed by atoms with Crippen molar-refractivity contribution in [3.63, 3.8) is 0 Å². The van der Waals surface area contributed by atoms with Crippen LogP contribution in [-0.4, -0.2) is 17.4 Å².